The number of imidazole rings is 1. The summed E-state index contributed by atoms with van der Waals surface area (Å²) in [4.78, 5) is 23.1. The van der Waals surface area contributed by atoms with Crippen LogP contribution < -0.4 is 31.1 Å². The summed E-state index contributed by atoms with van der Waals surface area (Å²) in [5.41, 5.74) is 6.50. The van der Waals surface area contributed by atoms with E-state index in [2.05, 4.69) is 123 Å². The number of nitrogens with zero attached hydrogens (tertiary/aromatic N) is 17. The second kappa shape index (κ2) is 25.0. The average Bonchev–Trinajstić information content (AvgIpc) is 2.69. The van der Waals surface area contributed by atoms with Gasteiger partial charge in [0.05, 0.1) is 85.4 Å². The van der Waals surface area contributed by atoms with Crippen molar-refractivity contribution in [2.45, 2.75) is 122 Å². The van der Waals surface area contributed by atoms with Gasteiger partial charge in [0.15, 0.2) is 0 Å². The zero-order valence-electron chi connectivity index (χ0n) is 49.9. The van der Waals surface area contributed by atoms with Crippen molar-refractivity contribution < 1.29 is 24.4 Å². The van der Waals surface area contributed by atoms with Crippen LogP contribution in [0.3, 0.4) is 0 Å². The van der Waals surface area contributed by atoms with E-state index < -0.39 is 17.8 Å². The topological polar surface area (TPSA) is 318 Å². The first-order chi connectivity index (χ1) is 41.7. The lowest BCUT2D eigenvalue weighted by Crippen LogP contribution is -2.67. The number of aromatic hydroxyl groups is 3. The van der Waals surface area contributed by atoms with Gasteiger partial charge in [-0.2, -0.15) is 20.1 Å². The van der Waals surface area contributed by atoms with Gasteiger partial charge in [-0.25, -0.2) is 24.3 Å². The number of aryl methyl sites for hydroxylation is 1. The Balaban J connectivity index is 0.000000135. The van der Waals surface area contributed by atoms with Crippen LogP contribution in [-0.2, 0) is 4.74 Å². The van der Waals surface area contributed by atoms with E-state index in [0.717, 1.165) is 74.7 Å². The van der Waals surface area contributed by atoms with Crippen molar-refractivity contribution in [1.29, 1.82) is 0 Å². The van der Waals surface area contributed by atoms with Crippen LogP contribution >= 0.6 is 0 Å². The molecular weight excluding hydrogens is 1110 g/mol. The molecular formula is C60H73FN22O4. The molecule has 3 aromatic carbocycles. The Hall–Kier alpha value is -9.18. The van der Waals surface area contributed by atoms with E-state index in [0.29, 0.717) is 75.9 Å². The molecule has 4 atom stereocenters. The minimum Gasteiger partial charge on any atom is -0.507 e. The number of phenols is 3. The number of halogens is 1. The van der Waals surface area contributed by atoms with Crippen molar-refractivity contribution in [2.24, 2.45) is 0 Å². The highest BCUT2D eigenvalue weighted by atomic mass is 19.1. The molecule has 87 heavy (non-hydrogen) atoms. The van der Waals surface area contributed by atoms with Gasteiger partial charge in [0, 0.05) is 102 Å². The molecule has 8 N–H and O–H groups in total. The lowest BCUT2D eigenvalue weighted by Gasteiger charge is -2.48. The summed E-state index contributed by atoms with van der Waals surface area (Å²) in [5, 5.41) is 85.1. The van der Waals surface area contributed by atoms with E-state index in [1.807, 2.05) is 69.6 Å². The number of ether oxygens (including phenoxy) is 1. The standard InChI is InChI=1S/C20H25FN8O.C20H23N7O2.C20H25N7O/c1-19(2)10-14(17(21)20(3,4)28-19)25-18-22-11-15(26-27-18)13-6-5-12(9-16(13)30)29-23-7-8-24-29;1-20(11-29-12-20)24-15-4-5-27(10-15)19-21-9-17(25-26-19)16-3-2-13(6-18(16)28)14-7-22-23-8-14;1-13(2)23-15-6-7-26(11-15)20-21-9-18(24-25-20)17-5-4-16(8-19(17)28)27-10-14(3)22-12-27/h5-9,11,14,17,28,30H,10H2,1-4H3,(H,22,25,27);2-3,6-9,15,24,28H,4-5,10-12H2,1H3,(H,22,23);4-5,8-10,12-13,15,23,28H,6-7,11H2,1-3H3. The smallest absolute Gasteiger partial charge is 0.245 e. The number of anilines is 3. The minimum absolute atomic E-state index is 0.00675. The van der Waals surface area contributed by atoms with Crippen molar-refractivity contribution in [1.82, 2.24) is 96.2 Å². The van der Waals surface area contributed by atoms with Crippen molar-refractivity contribution in [3.63, 3.8) is 0 Å². The summed E-state index contributed by atoms with van der Waals surface area (Å²) in [5.74, 6) is 1.76. The SMILES string of the molecule is CC1(C)CC(Nc2ncc(-c3ccc(-n4nccn4)cc3O)nn2)C(F)C(C)(C)N1.CC1(NC2CCN(c3ncc(-c4ccc(-c5cn[nH]c5)cc4O)nn3)C2)COC1.Cc1cn(-c2ccc(-c3cnc(N4CCC(NC(C)C)C4)nn3)c(O)c2)cn1. The molecule has 27 heteroatoms. The molecule has 26 nitrogen and oxygen atoms in total. The molecule has 0 bridgehead atoms. The molecule has 4 aliphatic rings. The van der Waals surface area contributed by atoms with E-state index in [4.69, 9.17) is 4.74 Å². The molecule has 9 aromatic rings. The fourth-order valence-electron chi connectivity index (χ4n) is 11.6. The summed E-state index contributed by atoms with van der Waals surface area (Å²) >= 11 is 0. The second-order valence-electron chi connectivity index (χ2n) is 24.3. The number of aromatic amines is 1. The first kappa shape index (κ1) is 59.5. The van der Waals surface area contributed by atoms with Crippen molar-refractivity contribution in [2.75, 3.05) is 54.5 Å². The zero-order chi connectivity index (χ0) is 61.0. The van der Waals surface area contributed by atoms with E-state index in [1.54, 1.807) is 67.8 Å². The molecule has 13 rings (SSSR count). The molecule has 0 aliphatic carbocycles. The summed E-state index contributed by atoms with van der Waals surface area (Å²) in [6.45, 7) is 21.3. The number of hydrogen-bond donors (Lipinski definition) is 8. The lowest BCUT2D eigenvalue weighted by molar-refractivity contribution is -0.0682. The van der Waals surface area contributed by atoms with Gasteiger partial charge in [0.2, 0.25) is 17.8 Å². The molecule has 0 radical (unpaired) electrons. The third kappa shape index (κ3) is 14.1. The lowest BCUT2D eigenvalue weighted by atomic mass is 9.78. The van der Waals surface area contributed by atoms with Crippen LogP contribution in [0.4, 0.5) is 22.2 Å². The molecule has 4 unspecified atom stereocenters. The Labute approximate surface area is 502 Å². The Bertz CT molecular complexity index is 3730. The largest absolute Gasteiger partial charge is 0.507 e. The van der Waals surface area contributed by atoms with E-state index in [9.17, 15) is 19.7 Å². The monoisotopic (exact) mass is 1180 g/mol. The maximum Gasteiger partial charge on any atom is 0.245 e. The van der Waals surface area contributed by atoms with Crippen LogP contribution in [0.15, 0.2) is 110 Å². The summed E-state index contributed by atoms with van der Waals surface area (Å²) in [6, 6.07) is 16.7. The van der Waals surface area contributed by atoms with E-state index in [-0.39, 0.29) is 34.3 Å². The first-order valence-electron chi connectivity index (χ1n) is 29.0. The molecule has 4 saturated heterocycles. The molecule has 6 aromatic heterocycles. The fraction of sp³-hybridized carbons (Fsp3) is 0.417. The van der Waals surface area contributed by atoms with Gasteiger partial charge in [0.25, 0.3) is 0 Å². The molecule has 0 amide bonds. The van der Waals surface area contributed by atoms with Gasteiger partial charge in [-0.3, -0.25) is 5.10 Å². The number of phenolic OH excluding ortho intramolecular Hbond substituents is 3. The van der Waals surface area contributed by atoms with Gasteiger partial charge in [-0.1, -0.05) is 19.9 Å². The first-order valence-corrected chi connectivity index (χ1v) is 29.0. The summed E-state index contributed by atoms with van der Waals surface area (Å²) in [7, 11) is 0. The number of H-pyrrole nitrogens is 1. The fourth-order valence-corrected chi connectivity index (χ4v) is 11.6. The van der Waals surface area contributed by atoms with Gasteiger partial charge in [0.1, 0.15) is 40.5 Å². The van der Waals surface area contributed by atoms with Crippen LogP contribution in [0, 0.1) is 6.92 Å². The predicted octanol–water partition coefficient (Wildman–Crippen LogP) is 6.40. The number of hydrogen-bond acceptors (Lipinski definition) is 23. The Morgan fingerprint density at radius 1 is 0.678 bits per heavy atom. The van der Waals surface area contributed by atoms with Gasteiger partial charge in [-0.15, -0.1) is 30.6 Å². The maximum absolute atomic E-state index is 15.0. The van der Waals surface area contributed by atoms with Gasteiger partial charge < -0.3 is 55.7 Å². The third-order valence-corrected chi connectivity index (χ3v) is 15.6. The van der Waals surface area contributed by atoms with E-state index >= 15 is 0 Å². The van der Waals surface area contributed by atoms with Gasteiger partial charge in [-0.05, 0) is 103 Å². The average molecular weight is 1190 g/mol. The molecule has 10 heterocycles. The minimum atomic E-state index is -1.12. The van der Waals surface area contributed by atoms with Crippen LogP contribution in [0.1, 0.15) is 73.4 Å². The number of piperidine rings is 1. The number of alkyl halides is 1. The molecule has 0 spiro atoms. The number of nitrogens with one attached hydrogen (secondary N) is 5. The summed E-state index contributed by atoms with van der Waals surface area (Å²) in [6.07, 6.45) is 16.6. The van der Waals surface area contributed by atoms with Crippen LogP contribution in [0.25, 0.3) is 56.3 Å². The van der Waals surface area contributed by atoms with Crippen LogP contribution in [-0.4, -0.2) is 182 Å². The molecule has 0 saturated carbocycles. The van der Waals surface area contributed by atoms with E-state index in [1.165, 1.54) is 17.1 Å². The Kier molecular flexibility index (Phi) is 17.1. The number of benzene rings is 3. The van der Waals surface area contributed by atoms with Crippen molar-refractivity contribution in [3.05, 3.63) is 116 Å². The Morgan fingerprint density at radius 3 is 1.79 bits per heavy atom. The second-order valence-corrected chi connectivity index (χ2v) is 24.3. The van der Waals surface area contributed by atoms with Crippen LogP contribution in [0.2, 0.25) is 0 Å². The highest BCUT2D eigenvalue weighted by molar-refractivity contribution is 5.74. The Morgan fingerprint density at radius 2 is 1.26 bits per heavy atom. The van der Waals surface area contributed by atoms with Gasteiger partial charge >= 0.3 is 0 Å². The number of rotatable bonds is 14. The highest BCUT2D eigenvalue weighted by Gasteiger charge is 2.46. The molecule has 4 aliphatic heterocycles. The normalized spacial score (nSPS) is 20.1. The predicted molar refractivity (Wildman–Crippen MR) is 325 cm³/mol. The van der Waals surface area contributed by atoms with Crippen molar-refractivity contribution >= 4 is 17.8 Å². The van der Waals surface area contributed by atoms with Crippen molar-refractivity contribution in [3.8, 4) is 73.5 Å². The molecule has 4 fully saturated rings. The molecule has 454 valence electrons. The third-order valence-electron chi connectivity index (χ3n) is 15.6. The number of aromatic nitrogens is 16. The maximum atomic E-state index is 15.0. The van der Waals surface area contributed by atoms with Crippen LogP contribution in [0.5, 0.6) is 17.2 Å². The highest BCUT2D eigenvalue weighted by Crippen LogP contribution is 2.36. The zero-order valence-corrected chi connectivity index (χ0v) is 49.9. The summed E-state index contributed by atoms with van der Waals surface area (Å²) < 4.78 is 22.1. The quantitative estimate of drug-likeness (QED) is 0.0584.